The van der Waals surface area contributed by atoms with Crippen molar-refractivity contribution < 1.29 is 22.2 Å². The van der Waals surface area contributed by atoms with Crippen LogP contribution in [-0.4, -0.2) is 36.5 Å². The highest BCUT2D eigenvalue weighted by molar-refractivity contribution is 7.84. The lowest BCUT2D eigenvalue weighted by molar-refractivity contribution is -0.0338. The minimum atomic E-state index is -4.37. The highest BCUT2D eigenvalue weighted by Gasteiger charge is 2.26. The Labute approximate surface area is 126 Å². The van der Waals surface area contributed by atoms with Crippen LogP contribution in [0.2, 0.25) is 0 Å². The first-order valence-corrected chi connectivity index (χ1v) is 7.38. The summed E-state index contributed by atoms with van der Waals surface area (Å²) in [7, 11) is -4.37. The molecule has 2 N–H and O–H groups in total. The average molecular weight is 356 g/mol. The molecule has 0 aromatic rings. The molecule has 0 saturated carbocycles. The van der Waals surface area contributed by atoms with E-state index < -0.39 is 26.8 Å². The van der Waals surface area contributed by atoms with E-state index in [1.165, 1.54) is 6.08 Å². The van der Waals surface area contributed by atoms with Gasteiger partial charge in [0, 0.05) is 0 Å². The Morgan fingerprint density at radius 3 is 2.26 bits per heavy atom. The monoisotopic (exact) mass is 354 g/mol. The van der Waals surface area contributed by atoms with Gasteiger partial charge in [-0.1, -0.05) is 46.5 Å². The molecule has 0 unspecified atom stereocenters. The van der Waals surface area contributed by atoms with Gasteiger partial charge in [-0.3, -0.25) is 0 Å². The number of nitrogens with two attached hydrogens (primary N) is 1. The third-order valence-electron chi connectivity index (χ3n) is 1.42. The van der Waals surface area contributed by atoms with Gasteiger partial charge in [-0.15, -0.1) is 4.28 Å². The molecule has 1 amide bonds. The van der Waals surface area contributed by atoms with Gasteiger partial charge in [-0.05, 0) is 13.8 Å². The first kappa shape index (κ1) is 18.8. The quantitative estimate of drug-likeness (QED) is 0.461. The van der Waals surface area contributed by atoms with Crippen molar-refractivity contribution in [2.24, 2.45) is 5.14 Å². The average Bonchev–Trinajstić information content (AvgIpc) is 2.17. The zero-order valence-corrected chi connectivity index (χ0v) is 13.2. The van der Waals surface area contributed by atoms with Gasteiger partial charge in [0.2, 0.25) is 3.79 Å². The van der Waals surface area contributed by atoms with E-state index in [9.17, 15) is 13.2 Å². The third-order valence-corrected chi connectivity index (χ3v) is 2.14. The van der Waals surface area contributed by atoms with E-state index in [0.717, 1.165) is 5.57 Å². The fourth-order valence-corrected chi connectivity index (χ4v) is 1.28. The normalized spacial score (nSPS) is 11.9. The molecule has 0 aromatic carbocycles. The minimum absolute atomic E-state index is 0.197. The highest BCUT2D eigenvalue weighted by Crippen LogP contribution is 2.26. The van der Waals surface area contributed by atoms with E-state index in [-0.39, 0.29) is 6.54 Å². The molecule has 0 aromatic heterocycles. The zero-order chi connectivity index (χ0) is 15.3. The van der Waals surface area contributed by atoms with Crippen molar-refractivity contribution in [2.75, 3.05) is 13.2 Å². The number of rotatable bonds is 5. The van der Waals surface area contributed by atoms with Gasteiger partial charge in [0.05, 0.1) is 6.54 Å². The summed E-state index contributed by atoms with van der Waals surface area (Å²) in [6.07, 6.45) is 0.361. The van der Waals surface area contributed by atoms with Gasteiger partial charge in [0.15, 0.2) is 0 Å². The van der Waals surface area contributed by atoms with E-state index in [2.05, 4.69) is 14.2 Å². The predicted octanol–water partition coefficient (Wildman–Crippen LogP) is 1.90. The molecule has 19 heavy (non-hydrogen) atoms. The third kappa shape index (κ3) is 11.3. The first-order valence-electron chi connectivity index (χ1n) is 4.77. The van der Waals surface area contributed by atoms with Crippen molar-refractivity contribution in [3.05, 3.63) is 11.6 Å². The number of hydroxylamine groups is 2. The molecule has 112 valence electrons. The van der Waals surface area contributed by atoms with Gasteiger partial charge >= 0.3 is 16.4 Å². The molecule has 0 atom stereocenters. The van der Waals surface area contributed by atoms with Crippen LogP contribution >= 0.6 is 34.8 Å². The Kier molecular flexibility index (Phi) is 7.41. The predicted molar refractivity (Wildman–Crippen MR) is 72.0 cm³/mol. The van der Waals surface area contributed by atoms with Crippen molar-refractivity contribution in [2.45, 2.75) is 17.6 Å². The zero-order valence-electron chi connectivity index (χ0n) is 10.1. The molecule has 0 spiro atoms. The Morgan fingerprint density at radius 1 is 1.37 bits per heavy atom. The maximum Gasteiger partial charge on any atom is 0.435 e. The maximum absolute atomic E-state index is 11.5. The lowest BCUT2D eigenvalue weighted by Crippen LogP contribution is -2.37. The smallest absolute Gasteiger partial charge is 0.435 e. The topological polar surface area (TPSA) is 98.9 Å². The molecule has 0 aliphatic rings. The molecule has 0 rings (SSSR count). The first-order chi connectivity index (χ1) is 8.41. The molecule has 0 aliphatic heterocycles. The van der Waals surface area contributed by atoms with Crippen LogP contribution in [0.25, 0.3) is 0 Å². The fraction of sp³-hybridized carbons (Fsp3) is 0.625. The SMILES string of the molecule is CC(C)=CCN(OS(N)(=O)=O)C(=O)OCC(Cl)(Cl)Cl. The van der Waals surface area contributed by atoms with E-state index in [4.69, 9.17) is 34.8 Å². The van der Waals surface area contributed by atoms with Crippen LogP contribution in [-0.2, 0) is 19.3 Å². The van der Waals surface area contributed by atoms with Gasteiger partial charge in [0.25, 0.3) is 0 Å². The molecule has 0 aliphatic carbocycles. The van der Waals surface area contributed by atoms with Crippen LogP contribution in [0, 0.1) is 0 Å². The minimum Gasteiger partial charge on any atom is -0.443 e. The number of hydrogen-bond donors (Lipinski definition) is 1. The van der Waals surface area contributed by atoms with Crippen LogP contribution in [0.1, 0.15) is 13.8 Å². The molecule has 0 saturated heterocycles. The summed E-state index contributed by atoms with van der Waals surface area (Å²) in [4.78, 5) is 11.5. The summed E-state index contributed by atoms with van der Waals surface area (Å²) in [6.45, 7) is 2.71. The number of carbonyl (C=O) groups is 1. The summed E-state index contributed by atoms with van der Waals surface area (Å²) in [5.41, 5.74) is 0.817. The number of nitrogens with zero attached hydrogens (tertiary/aromatic N) is 1. The molecular weight excluding hydrogens is 343 g/mol. The fourth-order valence-electron chi connectivity index (χ4n) is 0.742. The van der Waals surface area contributed by atoms with Crippen LogP contribution in [0.5, 0.6) is 0 Å². The van der Waals surface area contributed by atoms with Gasteiger partial charge in [-0.2, -0.15) is 13.5 Å². The second-order valence-electron chi connectivity index (χ2n) is 3.58. The summed E-state index contributed by atoms with van der Waals surface area (Å²) in [5, 5.41) is 5.05. The number of amides is 1. The van der Waals surface area contributed by atoms with E-state index >= 15 is 0 Å². The van der Waals surface area contributed by atoms with E-state index in [1.54, 1.807) is 13.8 Å². The largest absolute Gasteiger partial charge is 0.443 e. The van der Waals surface area contributed by atoms with Gasteiger partial charge in [-0.25, -0.2) is 9.93 Å². The second-order valence-corrected chi connectivity index (χ2v) is 7.23. The number of hydrogen-bond acceptors (Lipinski definition) is 5. The van der Waals surface area contributed by atoms with Crippen LogP contribution in [0.15, 0.2) is 11.6 Å². The second kappa shape index (κ2) is 7.51. The van der Waals surface area contributed by atoms with Gasteiger partial charge in [0.1, 0.15) is 6.61 Å². The number of ether oxygens (including phenoxy) is 1. The summed E-state index contributed by atoms with van der Waals surface area (Å²) in [5.74, 6) is 0. The summed E-state index contributed by atoms with van der Waals surface area (Å²) in [6, 6.07) is 0. The maximum atomic E-state index is 11.5. The molecule has 11 heteroatoms. The number of alkyl halides is 3. The van der Waals surface area contributed by atoms with Crippen molar-refractivity contribution in [3.63, 3.8) is 0 Å². The van der Waals surface area contributed by atoms with Crippen molar-refractivity contribution in [1.82, 2.24) is 5.06 Å². The Hall–Kier alpha value is -0.250. The lowest BCUT2D eigenvalue weighted by atomic mass is 10.3. The molecular formula is C8H13Cl3N2O5S. The molecule has 0 heterocycles. The Balaban J connectivity index is 4.73. The van der Waals surface area contributed by atoms with Crippen molar-refractivity contribution in [1.29, 1.82) is 0 Å². The van der Waals surface area contributed by atoms with E-state index in [0.29, 0.717) is 5.06 Å². The lowest BCUT2D eigenvalue weighted by Gasteiger charge is -2.19. The molecule has 0 fully saturated rings. The molecule has 0 radical (unpaired) electrons. The van der Waals surface area contributed by atoms with Crippen LogP contribution < -0.4 is 5.14 Å². The Morgan fingerprint density at radius 2 is 1.89 bits per heavy atom. The highest BCUT2D eigenvalue weighted by atomic mass is 35.6. The van der Waals surface area contributed by atoms with Crippen LogP contribution in [0.3, 0.4) is 0 Å². The molecule has 7 nitrogen and oxygen atoms in total. The molecule has 0 bridgehead atoms. The summed E-state index contributed by atoms with van der Waals surface area (Å²) < 4.78 is 28.6. The summed E-state index contributed by atoms with van der Waals surface area (Å²) >= 11 is 16.1. The number of allylic oxidation sites excluding steroid dienone is 1. The van der Waals surface area contributed by atoms with Crippen molar-refractivity contribution >= 4 is 51.2 Å². The van der Waals surface area contributed by atoms with Crippen LogP contribution in [0.4, 0.5) is 4.79 Å². The van der Waals surface area contributed by atoms with Gasteiger partial charge < -0.3 is 4.74 Å². The van der Waals surface area contributed by atoms with E-state index in [1.807, 2.05) is 0 Å². The van der Waals surface area contributed by atoms with Crippen molar-refractivity contribution in [3.8, 4) is 0 Å². The Bertz CT molecular complexity index is 442. The number of halogens is 3. The number of carbonyl (C=O) groups excluding carboxylic acids is 1. The standard InChI is InChI=1S/C8H13Cl3N2O5S/c1-6(2)3-4-13(18-19(12,15)16)7(14)17-5-8(9,10)11/h3H,4-5H2,1-2H3,(H2,12,15,16).